The summed E-state index contributed by atoms with van der Waals surface area (Å²) in [6.07, 6.45) is 18.2. The van der Waals surface area contributed by atoms with Crippen molar-refractivity contribution in [3.8, 4) is 0 Å². The molecule has 0 atom stereocenters. The quantitative estimate of drug-likeness (QED) is 0.262. The van der Waals surface area contributed by atoms with Crippen LogP contribution in [0.5, 0.6) is 0 Å². The zero-order chi connectivity index (χ0) is 19.5. The molecule has 0 fully saturated rings. The summed E-state index contributed by atoms with van der Waals surface area (Å²) in [4.78, 5) is 0. The number of allylic oxidation sites excluding steroid dienone is 8. The first kappa shape index (κ1) is 44.1. The van der Waals surface area contributed by atoms with Crippen LogP contribution in [0.2, 0.25) is 6.85 Å². The van der Waals surface area contributed by atoms with E-state index in [2.05, 4.69) is 88.5 Å². The van der Waals surface area contributed by atoms with Crippen molar-refractivity contribution in [2.24, 2.45) is 0 Å². The zero-order valence-electron chi connectivity index (χ0n) is 12.7. The summed E-state index contributed by atoms with van der Waals surface area (Å²) in [5, 5.41) is 0. The normalized spacial score (nSPS) is 10.1. The first-order valence-corrected chi connectivity index (χ1v) is 11.7. The van der Waals surface area contributed by atoms with Crippen LogP contribution >= 0.6 is 0 Å². The van der Waals surface area contributed by atoms with Crippen LogP contribution in [0, 0.1) is 39.9 Å². The molecule has 6 nitrogen and oxygen atoms in total. The molecular formula is C16H10Cr2HgO6. The maximum Gasteiger partial charge on any atom is 0 e. The zero-order valence-corrected chi connectivity index (χ0v) is 20.8. The summed E-state index contributed by atoms with van der Waals surface area (Å²) in [6.45, 7) is 27.0. The van der Waals surface area contributed by atoms with Crippen LogP contribution in [0.4, 0.5) is 0 Å². The number of hydrogen-bond donors (Lipinski definition) is 0. The molecule has 2 rings (SSSR count). The molecule has 9 heteroatoms. The van der Waals surface area contributed by atoms with Crippen molar-refractivity contribution in [1.82, 2.24) is 0 Å². The van der Waals surface area contributed by atoms with Gasteiger partial charge in [-0.05, 0) is 0 Å². The average molecular weight is 603 g/mol. The maximum atomic E-state index is 7.50. The molecule has 0 heterocycles. The molecule has 0 N–H and O–H groups in total. The second-order valence-corrected chi connectivity index (χ2v) is 12.3. The Morgan fingerprint density at radius 1 is 0.440 bits per heavy atom. The molecule has 0 aromatic rings. The number of hydrogen-bond acceptors (Lipinski definition) is 0. The fraction of sp³-hybridized carbons (Fsp3) is 0.125. The van der Waals surface area contributed by atoms with Crippen LogP contribution in [-0.4, -0.2) is 0 Å². The van der Waals surface area contributed by atoms with E-state index in [4.69, 9.17) is 27.9 Å². The van der Waals surface area contributed by atoms with Crippen LogP contribution in [-0.2, 0) is 87.2 Å². The molecular weight excluding hydrogens is 593 g/mol. The molecule has 0 aliphatic heterocycles. The Bertz CT molecular complexity index is 388. The summed E-state index contributed by atoms with van der Waals surface area (Å²) in [5.74, 6) is 0. The van der Waals surface area contributed by atoms with E-state index >= 15 is 0 Å². The van der Waals surface area contributed by atoms with Gasteiger partial charge < -0.3 is 0 Å². The van der Waals surface area contributed by atoms with Gasteiger partial charge in [-0.2, -0.15) is 0 Å². The minimum Gasteiger partial charge on any atom is 0 e. The van der Waals surface area contributed by atoms with E-state index in [0.29, 0.717) is 0 Å². The molecule has 0 saturated carbocycles. The molecule has 2 aliphatic carbocycles. The van der Waals surface area contributed by atoms with E-state index in [-0.39, 0.29) is 34.7 Å². The Morgan fingerprint density at radius 3 is 0.760 bits per heavy atom. The van der Waals surface area contributed by atoms with E-state index < -0.39 is 24.6 Å². The standard InChI is InChI=1S/2C5H5.6CO.2Cr.Hg/c2*1-2-4-5-3-1;6*1-2;;;/h2*1-5H;;;;;;;;;. The first-order chi connectivity index (χ1) is 11.4. The van der Waals surface area contributed by atoms with Crippen LogP contribution in [0.15, 0.2) is 48.6 Å². The molecule has 0 bridgehead atoms. The Kier molecular flexibility index (Phi) is 99.9. The van der Waals surface area contributed by atoms with E-state index in [9.17, 15) is 0 Å². The summed E-state index contributed by atoms with van der Waals surface area (Å²) < 4.78 is 46.8. The Balaban J connectivity index is -0.0000000402. The van der Waals surface area contributed by atoms with Gasteiger partial charge in [0.2, 0.25) is 0 Å². The van der Waals surface area contributed by atoms with Gasteiger partial charge in [-0.25, -0.2) is 0 Å². The van der Waals surface area contributed by atoms with Gasteiger partial charge in [-0.15, -0.1) is 0 Å². The number of rotatable bonds is 2. The van der Waals surface area contributed by atoms with Crippen LogP contribution < -0.4 is 0 Å². The fourth-order valence-electron chi connectivity index (χ4n) is 1.58. The second-order valence-electron chi connectivity index (χ2n) is 3.10. The van der Waals surface area contributed by atoms with Crippen molar-refractivity contribution in [1.29, 1.82) is 0 Å². The van der Waals surface area contributed by atoms with Crippen LogP contribution in [0.3, 0.4) is 0 Å². The molecule has 0 spiro atoms. The summed E-state index contributed by atoms with van der Waals surface area (Å²) >= 11 is -0.715. The molecule has 0 aromatic carbocycles. The van der Waals surface area contributed by atoms with Crippen molar-refractivity contribution < 1.29 is 87.2 Å². The minimum atomic E-state index is -0.715. The third-order valence-corrected chi connectivity index (χ3v) is 10.7. The third kappa shape index (κ3) is 35.4. The Labute approximate surface area is 181 Å². The third-order valence-electron chi connectivity index (χ3n) is 2.20. The summed E-state index contributed by atoms with van der Waals surface area (Å²) in [7, 11) is 0. The predicted molar refractivity (Wildman–Crippen MR) is 67.6 cm³/mol. The van der Waals surface area contributed by atoms with Gasteiger partial charge in [0.15, 0.2) is 0 Å². The van der Waals surface area contributed by atoms with Crippen molar-refractivity contribution in [3.63, 3.8) is 0 Å². The topological polar surface area (TPSA) is 119 Å². The van der Waals surface area contributed by atoms with Gasteiger partial charge in [0, 0.05) is 34.7 Å². The SMILES string of the molecule is C1=C[CH]([Hg][CH]2C=CC=C2)C=C1.[C-]#[O+].[C-]#[O+].[C-]#[O+].[C-]#[O+].[C-]#[O+].[C-]#[O+].[Cr].[Cr]. The van der Waals surface area contributed by atoms with E-state index in [1.54, 1.807) is 0 Å². The average Bonchev–Trinajstić information content (AvgIpc) is 3.40. The minimum absolute atomic E-state index is 0. The van der Waals surface area contributed by atoms with Crippen molar-refractivity contribution >= 4 is 0 Å². The largest absolute Gasteiger partial charge is 0 e. The summed E-state index contributed by atoms with van der Waals surface area (Å²) in [5.41, 5.74) is 0. The van der Waals surface area contributed by atoms with Crippen molar-refractivity contribution in [3.05, 3.63) is 88.5 Å². The molecule has 0 amide bonds. The first-order valence-electron chi connectivity index (χ1n) is 5.37. The van der Waals surface area contributed by atoms with Gasteiger partial charge in [-0.1, -0.05) is 0 Å². The van der Waals surface area contributed by atoms with E-state index in [1.807, 2.05) is 0 Å². The van der Waals surface area contributed by atoms with Gasteiger partial charge in [0.1, 0.15) is 0 Å². The smallest absolute Gasteiger partial charge is 0 e. The Hall–Kier alpha value is -0.600. The summed E-state index contributed by atoms with van der Waals surface area (Å²) in [6, 6.07) is 0. The van der Waals surface area contributed by atoms with Crippen LogP contribution in [0.1, 0.15) is 0 Å². The fourth-order valence-corrected chi connectivity index (χ4v) is 8.91. The van der Waals surface area contributed by atoms with Gasteiger partial charge in [0.25, 0.3) is 0 Å². The second kappa shape index (κ2) is 56.6. The van der Waals surface area contributed by atoms with Crippen molar-refractivity contribution in [2.75, 3.05) is 0 Å². The monoisotopic (exact) mass is 604 g/mol. The van der Waals surface area contributed by atoms with E-state index in [0.717, 1.165) is 6.85 Å². The molecule has 0 aromatic heterocycles. The Morgan fingerprint density at radius 2 is 0.600 bits per heavy atom. The molecule has 0 saturated heterocycles. The molecule has 25 heavy (non-hydrogen) atoms. The maximum absolute atomic E-state index is 7.50. The molecule has 0 radical (unpaired) electrons. The van der Waals surface area contributed by atoms with E-state index in [1.165, 1.54) is 0 Å². The van der Waals surface area contributed by atoms with Gasteiger partial charge in [-0.3, -0.25) is 0 Å². The molecule has 2 aliphatic rings. The predicted octanol–water partition coefficient (Wildman–Crippen LogP) is 2.67. The molecule has 124 valence electrons. The van der Waals surface area contributed by atoms with Crippen LogP contribution in [0.25, 0.3) is 0 Å². The molecule has 0 unspecified atom stereocenters. The van der Waals surface area contributed by atoms with Gasteiger partial charge >= 0.3 is 148 Å². The van der Waals surface area contributed by atoms with Crippen molar-refractivity contribution in [2.45, 2.75) is 6.85 Å². The van der Waals surface area contributed by atoms with Gasteiger partial charge in [0.05, 0.1) is 0 Å².